The SMILES string of the molecule is CC1(C)CC(=O)C2=C(C1)Nc1ccc(Cl)cc1N[C@@H]2c1ccccc1F. The van der Waals surface area contributed by atoms with E-state index >= 15 is 0 Å². The third kappa shape index (κ3) is 2.99. The molecule has 2 aromatic rings. The Morgan fingerprint density at radius 3 is 2.65 bits per heavy atom. The highest BCUT2D eigenvalue weighted by Gasteiger charge is 2.39. The van der Waals surface area contributed by atoms with Crippen LogP contribution in [0.1, 0.15) is 38.3 Å². The van der Waals surface area contributed by atoms with E-state index in [0.717, 1.165) is 23.5 Å². The van der Waals surface area contributed by atoms with Gasteiger partial charge < -0.3 is 10.6 Å². The van der Waals surface area contributed by atoms with E-state index in [4.69, 9.17) is 11.6 Å². The lowest BCUT2D eigenvalue weighted by atomic mass is 9.73. The molecule has 0 fully saturated rings. The van der Waals surface area contributed by atoms with Crippen molar-refractivity contribution in [1.82, 2.24) is 0 Å². The molecule has 1 aliphatic carbocycles. The number of hydrogen-bond donors (Lipinski definition) is 2. The van der Waals surface area contributed by atoms with Crippen molar-refractivity contribution in [3.8, 4) is 0 Å². The molecule has 0 saturated carbocycles. The number of anilines is 2. The average Bonchev–Trinajstić information content (AvgIpc) is 2.70. The van der Waals surface area contributed by atoms with Crippen LogP contribution in [0.25, 0.3) is 0 Å². The standard InChI is InChI=1S/C21H20ClFN2O/c1-21(2)10-17-19(18(26)11-21)20(13-5-3-4-6-14(13)23)25-16-9-12(22)7-8-15(16)24-17/h3-9,20,24-25H,10-11H2,1-2H3/t20-/m1/s1. The summed E-state index contributed by atoms with van der Waals surface area (Å²) < 4.78 is 14.6. The van der Waals surface area contributed by atoms with Gasteiger partial charge in [0.2, 0.25) is 0 Å². The third-order valence-corrected chi connectivity index (χ3v) is 5.23. The first-order chi connectivity index (χ1) is 12.3. The molecule has 0 radical (unpaired) electrons. The van der Waals surface area contributed by atoms with E-state index in [9.17, 15) is 9.18 Å². The van der Waals surface area contributed by atoms with Crippen molar-refractivity contribution in [2.24, 2.45) is 5.41 Å². The summed E-state index contributed by atoms with van der Waals surface area (Å²) in [7, 11) is 0. The number of benzene rings is 2. The minimum atomic E-state index is -0.554. The molecule has 26 heavy (non-hydrogen) atoms. The van der Waals surface area contributed by atoms with Crippen LogP contribution in [0.2, 0.25) is 5.02 Å². The molecule has 0 aromatic heterocycles. The molecule has 0 unspecified atom stereocenters. The number of ketones is 1. The fourth-order valence-corrected chi connectivity index (χ4v) is 4.03. The molecular formula is C21H20ClFN2O. The van der Waals surface area contributed by atoms with Gasteiger partial charge in [-0.25, -0.2) is 4.39 Å². The minimum absolute atomic E-state index is 0.0448. The second-order valence-electron chi connectivity index (χ2n) is 7.75. The fourth-order valence-electron chi connectivity index (χ4n) is 3.86. The van der Waals surface area contributed by atoms with Crippen molar-refractivity contribution >= 4 is 28.8 Å². The molecule has 1 aliphatic heterocycles. The third-order valence-electron chi connectivity index (χ3n) is 4.99. The Balaban J connectivity index is 1.92. The minimum Gasteiger partial charge on any atom is -0.372 e. The molecule has 3 nitrogen and oxygen atoms in total. The molecule has 2 aromatic carbocycles. The van der Waals surface area contributed by atoms with E-state index in [1.807, 2.05) is 6.07 Å². The number of rotatable bonds is 1. The fraction of sp³-hybridized carbons (Fsp3) is 0.286. The summed E-state index contributed by atoms with van der Waals surface area (Å²) in [5.41, 5.74) is 3.38. The molecule has 0 bridgehead atoms. The molecular weight excluding hydrogens is 351 g/mol. The van der Waals surface area contributed by atoms with Crippen LogP contribution in [-0.4, -0.2) is 5.78 Å². The predicted molar refractivity (Wildman–Crippen MR) is 103 cm³/mol. The van der Waals surface area contributed by atoms with E-state index in [0.29, 0.717) is 22.6 Å². The van der Waals surface area contributed by atoms with Gasteiger partial charge in [-0.2, -0.15) is 0 Å². The van der Waals surface area contributed by atoms with Crippen LogP contribution in [0.3, 0.4) is 0 Å². The number of fused-ring (bicyclic) bond motifs is 1. The second-order valence-corrected chi connectivity index (χ2v) is 8.18. The van der Waals surface area contributed by atoms with Crippen molar-refractivity contribution in [1.29, 1.82) is 0 Å². The first-order valence-corrected chi connectivity index (χ1v) is 9.06. The molecule has 2 aliphatic rings. The maximum absolute atomic E-state index is 14.6. The molecule has 1 atom stereocenters. The van der Waals surface area contributed by atoms with E-state index in [1.165, 1.54) is 6.07 Å². The lowest BCUT2D eigenvalue weighted by Gasteiger charge is -2.34. The zero-order valence-electron chi connectivity index (χ0n) is 14.7. The molecule has 2 N–H and O–H groups in total. The molecule has 134 valence electrons. The van der Waals surface area contributed by atoms with Gasteiger partial charge in [0.1, 0.15) is 5.82 Å². The maximum atomic E-state index is 14.6. The number of nitrogens with one attached hydrogen (secondary N) is 2. The van der Waals surface area contributed by atoms with Crippen LogP contribution in [0.5, 0.6) is 0 Å². The Kier molecular flexibility index (Phi) is 4.03. The number of hydrogen-bond acceptors (Lipinski definition) is 3. The Morgan fingerprint density at radius 2 is 1.88 bits per heavy atom. The van der Waals surface area contributed by atoms with Crippen LogP contribution in [0.4, 0.5) is 15.8 Å². The highest BCUT2D eigenvalue weighted by molar-refractivity contribution is 6.31. The molecule has 0 amide bonds. The van der Waals surface area contributed by atoms with Gasteiger partial charge in [-0.05, 0) is 36.1 Å². The maximum Gasteiger partial charge on any atom is 0.163 e. The Labute approximate surface area is 157 Å². The zero-order valence-corrected chi connectivity index (χ0v) is 15.5. The quantitative estimate of drug-likeness (QED) is 0.676. The molecule has 1 heterocycles. The van der Waals surface area contributed by atoms with Crippen LogP contribution in [0.15, 0.2) is 53.7 Å². The second kappa shape index (κ2) is 6.13. The lowest BCUT2D eigenvalue weighted by Crippen LogP contribution is -2.31. The van der Waals surface area contributed by atoms with Gasteiger partial charge in [0.25, 0.3) is 0 Å². The van der Waals surface area contributed by atoms with E-state index in [2.05, 4.69) is 24.5 Å². The summed E-state index contributed by atoms with van der Waals surface area (Å²) in [4.78, 5) is 13.0. The summed E-state index contributed by atoms with van der Waals surface area (Å²) in [5.74, 6) is -0.289. The lowest BCUT2D eigenvalue weighted by molar-refractivity contribution is -0.118. The first-order valence-electron chi connectivity index (χ1n) is 8.68. The topological polar surface area (TPSA) is 41.1 Å². The van der Waals surface area contributed by atoms with Crippen molar-refractivity contribution in [3.63, 3.8) is 0 Å². The molecule has 0 spiro atoms. The van der Waals surface area contributed by atoms with Gasteiger partial charge in [-0.15, -0.1) is 0 Å². The van der Waals surface area contributed by atoms with E-state index in [1.54, 1.807) is 30.3 Å². The number of allylic oxidation sites excluding steroid dienone is 1. The Bertz CT molecular complexity index is 935. The van der Waals surface area contributed by atoms with Crippen molar-refractivity contribution < 1.29 is 9.18 Å². The largest absolute Gasteiger partial charge is 0.372 e. The summed E-state index contributed by atoms with van der Waals surface area (Å²) >= 11 is 6.16. The van der Waals surface area contributed by atoms with Crippen LogP contribution in [0, 0.1) is 11.2 Å². The highest BCUT2D eigenvalue weighted by Crippen LogP contribution is 2.46. The van der Waals surface area contributed by atoms with Crippen LogP contribution in [-0.2, 0) is 4.79 Å². The normalized spacial score (nSPS) is 21.2. The Morgan fingerprint density at radius 1 is 1.12 bits per heavy atom. The number of carbonyl (C=O) groups is 1. The van der Waals surface area contributed by atoms with Gasteiger partial charge in [-0.1, -0.05) is 43.6 Å². The Hall–Kier alpha value is -2.33. The van der Waals surface area contributed by atoms with Gasteiger partial charge in [0.05, 0.1) is 17.4 Å². The van der Waals surface area contributed by atoms with Gasteiger partial charge in [-0.3, -0.25) is 4.79 Å². The average molecular weight is 371 g/mol. The number of Topliss-reactive ketones (excluding diaryl/α,β-unsaturated/α-hetero) is 1. The summed E-state index contributed by atoms with van der Waals surface area (Å²) in [6, 6.07) is 11.5. The van der Waals surface area contributed by atoms with Gasteiger partial charge >= 0.3 is 0 Å². The zero-order chi connectivity index (χ0) is 18.5. The molecule has 5 heteroatoms. The van der Waals surface area contributed by atoms with Crippen LogP contribution >= 0.6 is 11.6 Å². The van der Waals surface area contributed by atoms with Crippen molar-refractivity contribution in [2.45, 2.75) is 32.7 Å². The molecule has 0 saturated heterocycles. The smallest absolute Gasteiger partial charge is 0.163 e. The summed E-state index contributed by atoms with van der Waals surface area (Å²) in [6.07, 6.45) is 1.17. The van der Waals surface area contributed by atoms with Gasteiger partial charge in [0, 0.05) is 28.3 Å². The summed E-state index contributed by atoms with van der Waals surface area (Å²) in [5, 5.41) is 7.34. The highest BCUT2D eigenvalue weighted by atomic mass is 35.5. The van der Waals surface area contributed by atoms with Crippen molar-refractivity contribution in [2.75, 3.05) is 10.6 Å². The van der Waals surface area contributed by atoms with Gasteiger partial charge in [0.15, 0.2) is 5.78 Å². The van der Waals surface area contributed by atoms with E-state index in [-0.39, 0.29) is 17.0 Å². The van der Waals surface area contributed by atoms with Crippen LogP contribution < -0.4 is 10.6 Å². The first kappa shape index (κ1) is 17.1. The molecule has 4 rings (SSSR count). The summed E-state index contributed by atoms with van der Waals surface area (Å²) in [6.45, 7) is 4.16. The predicted octanol–water partition coefficient (Wildman–Crippen LogP) is 5.70. The van der Waals surface area contributed by atoms with Crippen molar-refractivity contribution in [3.05, 3.63) is 70.1 Å². The number of carbonyl (C=O) groups excluding carboxylic acids is 1. The van der Waals surface area contributed by atoms with E-state index < -0.39 is 6.04 Å². The monoisotopic (exact) mass is 370 g/mol. The number of halogens is 2.